The van der Waals surface area contributed by atoms with Crippen molar-refractivity contribution in [2.24, 2.45) is 7.05 Å². The maximum Gasteiger partial charge on any atom is 0.132 e. The summed E-state index contributed by atoms with van der Waals surface area (Å²) in [6.07, 6.45) is 2.84. The molecule has 2 N–H and O–H groups in total. The third-order valence-electron chi connectivity index (χ3n) is 3.02. The zero-order valence-electron chi connectivity index (χ0n) is 12.6. The van der Waals surface area contributed by atoms with Crippen LogP contribution >= 0.6 is 0 Å². The average Bonchev–Trinajstić information content (AvgIpc) is 2.75. The molecule has 0 amide bonds. The standard InChI is InChI=1S/C14H22N6/c1-5-12-17-13(15-6-2)7-14(18-12)16-8-11-9-20(4)19-10(11)3/h7,9H,5-6,8H2,1-4H3,(H2,15,16,17,18). The van der Waals surface area contributed by atoms with Gasteiger partial charge < -0.3 is 10.6 Å². The normalized spacial score (nSPS) is 10.6. The predicted molar refractivity (Wildman–Crippen MR) is 80.8 cm³/mol. The Morgan fingerprint density at radius 1 is 1.15 bits per heavy atom. The number of nitrogens with zero attached hydrogens (tertiary/aromatic N) is 4. The molecule has 0 aliphatic rings. The van der Waals surface area contributed by atoms with Gasteiger partial charge in [-0.05, 0) is 13.8 Å². The molecule has 2 aromatic rings. The van der Waals surface area contributed by atoms with Crippen molar-refractivity contribution in [3.63, 3.8) is 0 Å². The fraction of sp³-hybridized carbons (Fsp3) is 0.500. The van der Waals surface area contributed by atoms with Gasteiger partial charge in [-0.15, -0.1) is 0 Å². The lowest BCUT2D eigenvalue weighted by atomic mass is 10.2. The van der Waals surface area contributed by atoms with E-state index in [2.05, 4.69) is 39.5 Å². The molecule has 2 aromatic heterocycles. The summed E-state index contributed by atoms with van der Waals surface area (Å²) < 4.78 is 1.83. The second kappa shape index (κ2) is 6.36. The average molecular weight is 274 g/mol. The molecule has 0 unspecified atom stereocenters. The smallest absolute Gasteiger partial charge is 0.132 e. The molecule has 0 radical (unpaired) electrons. The van der Waals surface area contributed by atoms with Crippen LogP contribution in [0.1, 0.15) is 30.9 Å². The van der Waals surface area contributed by atoms with E-state index < -0.39 is 0 Å². The molecule has 0 bridgehead atoms. The number of anilines is 2. The highest BCUT2D eigenvalue weighted by molar-refractivity contribution is 5.48. The van der Waals surface area contributed by atoms with Crippen LogP contribution in [0.3, 0.4) is 0 Å². The van der Waals surface area contributed by atoms with Crippen molar-refractivity contribution >= 4 is 11.6 Å². The molecule has 0 saturated carbocycles. The molecule has 108 valence electrons. The van der Waals surface area contributed by atoms with Crippen LogP contribution in [-0.2, 0) is 20.0 Å². The summed E-state index contributed by atoms with van der Waals surface area (Å²) in [6, 6.07) is 1.94. The SMILES string of the molecule is CCNc1cc(NCc2cn(C)nc2C)nc(CC)n1. The van der Waals surface area contributed by atoms with E-state index in [4.69, 9.17) is 0 Å². The van der Waals surface area contributed by atoms with E-state index in [-0.39, 0.29) is 0 Å². The van der Waals surface area contributed by atoms with E-state index in [1.54, 1.807) is 0 Å². The van der Waals surface area contributed by atoms with Crippen molar-refractivity contribution in [3.8, 4) is 0 Å². The summed E-state index contributed by atoms with van der Waals surface area (Å²) in [7, 11) is 1.93. The van der Waals surface area contributed by atoms with Crippen molar-refractivity contribution in [2.75, 3.05) is 17.2 Å². The summed E-state index contributed by atoms with van der Waals surface area (Å²) in [4.78, 5) is 8.94. The first kappa shape index (κ1) is 14.3. The maximum atomic E-state index is 4.50. The highest BCUT2D eigenvalue weighted by Gasteiger charge is 2.06. The minimum absolute atomic E-state index is 0.714. The minimum Gasteiger partial charge on any atom is -0.370 e. The largest absolute Gasteiger partial charge is 0.370 e. The Morgan fingerprint density at radius 2 is 1.85 bits per heavy atom. The van der Waals surface area contributed by atoms with Gasteiger partial charge in [-0.3, -0.25) is 4.68 Å². The fourth-order valence-electron chi connectivity index (χ4n) is 2.03. The topological polar surface area (TPSA) is 67.7 Å². The lowest BCUT2D eigenvalue weighted by Crippen LogP contribution is -2.08. The van der Waals surface area contributed by atoms with Crippen molar-refractivity contribution in [1.29, 1.82) is 0 Å². The van der Waals surface area contributed by atoms with Crippen LogP contribution in [0, 0.1) is 6.92 Å². The molecular formula is C14H22N6. The first-order valence-electron chi connectivity index (χ1n) is 6.97. The van der Waals surface area contributed by atoms with E-state index in [1.807, 2.05) is 30.9 Å². The Bertz CT molecular complexity index is 575. The van der Waals surface area contributed by atoms with E-state index in [0.29, 0.717) is 6.54 Å². The number of hydrogen-bond acceptors (Lipinski definition) is 5. The van der Waals surface area contributed by atoms with Gasteiger partial charge in [0.2, 0.25) is 0 Å². The number of nitrogens with one attached hydrogen (secondary N) is 2. The number of aromatic nitrogens is 4. The fourth-order valence-corrected chi connectivity index (χ4v) is 2.03. The predicted octanol–water partition coefficient (Wildman–Crippen LogP) is 2.12. The van der Waals surface area contributed by atoms with Gasteiger partial charge in [0.25, 0.3) is 0 Å². The van der Waals surface area contributed by atoms with Crippen LogP contribution in [0.15, 0.2) is 12.3 Å². The van der Waals surface area contributed by atoms with Crippen molar-refractivity contribution in [2.45, 2.75) is 33.7 Å². The molecule has 0 aliphatic carbocycles. The van der Waals surface area contributed by atoms with Gasteiger partial charge in [-0.1, -0.05) is 6.92 Å². The molecule has 0 spiro atoms. The molecule has 20 heavy (non-hydrogen) atoms. The molecule has 6 nitrogen and oxygen atoms in total. The zero-order valence-corrected chi connectivity index (χ0v) is 12.6. The Balaban J connectivity index is 2.12. The highest BCUT2D eigenvalue weighted by Crippen LogP contribution is 2.14. The van der Waals surface area contributed by atoms with Gasteiger partial charge in [0.1, 0.15) is 17.5 Å². The second-order valence-corrected chi connectivity index (χ2v) is 4.71. The van der Waals surface area contributed by atoms with Gasteiger partial charge in [0.05, 0.1) is 5.69 Å². The van der Waals surface area contributed by atoms with Crippen LogP contribution in [0.5, 0.6) is 0 Å². The number of rotatable bonds is 6. The first-order chi connectivity index (χ1) is 9.62. The number of aryl methyl sites for hydroxylation is 3. The Hall–Kier alpha value is -2.11. The molecule has 0 aromatic carbocycles. The third kappa shape index (κ3) is 3.46. The molecule has 2 heterocycles. The molecule has 0 fully saturated rings. The summed E-state index contributed by atoms with van der Waals surface area (Å²) >= 11 is 0. The minimum atomic E-state index is 0.714. The Morgan fingerprint density at radius 3 is 2.40 bits per heavy atom. The van der Waals surface area contributed by atoms with Crippen molar-refractivity contribution in [1.82, 2.24) is 19.7 Å². The second-order valence-electron chi connectivity index (χ2n) is 4.71. The highest BCUT2D eigenvalue weighted by atomic mass is 15.3. The van der Waals surface area contributed by atoms with Crippen LogP contribution in [0.25, 0.3) is 0 Å². The monoisotopic (exact) mass is 274 g/mol. The number of hydrogen-bond donors (Lipinski definition) is 2. The molecule has 2 rings (SSSR count). The summed E-state index contributed by atoms with van der Waals surface area (Å²) in [6.45, 7) is 7.69. The molecule has 0 atom stereocenters. The lowest BCUT2D eigenvalue weighted by molar-refractivity contribution is 0.756. The van der Waals surface area contributed by atoms with Gasteiger partial charge in [-0.25, -0.2) is 9.97 Å². The van der Waals surface area contributed by atoms with Crippen LogP contribution in [0.2, 0.25) is 0 Å². The summed E-state index contributed by atoms with van der Waals surface area (Å²) in [5, 5.41) is 10.9. The summed E-state index contributed by atoms with van der Waals surface area (Å²) in [5.74, 6) is 2.55. The van der Waals surface area contributed by atoms with E-state index >= 15 is 0 Å². The van der Waals surface area contributed by atoms with Gasteiger partial charge in [0.15, 0.2) is 0 Å². The van der Waals surface area contributed by atoms with Crippen LogP contribution in [-0.4, -0.2) is 26.3 Å². The Kier molecular flexibility index (Phi) is 4.55. The van der Waals surface area contributed by atoms with E-state index in [0.717, 1.165) is 36.1 Å². The van der Waals surface area contributed by atoms with Crippen molar-refractivity contribution in [3.05, 3.63) is 29.3 Å². The lowest BCUT2D eigenvalue weighted by Gasteiger charge is -2.09. The Labute approximate surface area is 119 Å². The van der Waals surface area contributed by atoms with Crippen LogP contribution in [0.4, 0.5) is 11.6 Å². The van der Waals surface area contributed by atoms with Gasteiger partial charge >= 0.3 is 0 Å². The van der Waals surface area contributed by atoms with E-state index in [9.17, 15) is 0 Å². The molecule has 6 heteroatoms. The zero-order chi connectivity index (χ0) is 14.5. The maximum absolute atomic E-state index is 4.50. The van der Waals surface area contributed by atoms with Crippen molar-refractivity contribution < 1.29 is 0 Å². The molecular weight excluding hydrogens is 252 g/mol. The summed E-state index contributed by atoms with van der Waals surface area (Å²) in [5.41, 5.74) is 2.21. The quantitative estimate of drug-likeness (QED) is 0.844. The third-order valence-corrected chi connectivity index (χ3v) is 3.02. The molecule has 0 aliphatic heterocycles. The van der Waals surface area contributed by atoms with Gasteiger partial charge in [-0.2, -0.15) is 5.10 Å². The van der Waals surface area contributed by atoms with E-state index in [1.165, 1.54) is 5.56 Å². The first-order valence-corrected chi connectivity index (χ1v) is 6.97. The van der Waals surface area contributed by atoms with Crippen LogP contribution < -0.4 is 10.6 Å². The van der Waals surface area contributed by atoms with Gasteiger partial charge in [0, 0.05) is 44.4 Å². The molecule has 0 saturated heterocycles.